The molecule has 3 amide bonds. The van der Waals surface area contributed by atoms with Gasteiger partial charge in [0.2, 0.25) is 5.91 Å². The molecule has 5 heteroatoms. The van der Waals surface area contributed by atoms with Gasteiger partial charge in [-0.3, -0.25) is 10.1 Å². The summed E-state index contributed by atoms with van der Waals surface area (Å²) in [7, 11) is 0. The summed E-state index contributed by atoms with van der Waals surface area (Å²) in [5, 5.41) is 1.86. The van der Waals surface area contributed by atoms with Crippen LogP contribution in [0, 0.1) is 0 Å². The molecule has 0 aromatic heterocycles. The van der Waals surface area contributed by atoms with Crippen molar-refractivity contribution >= 4 is 23.5 Å². The van der Waals surface area contributed by atoms with Crippen LogP contribution >= 0.6 is 11.6 Å². The molecular formula is C4H7ClN2O2. The molecule has 9 heavy (non-hydrogen) atoms. The van der Waals surface area contributed by atoms with Crippen LogP contribution in [0.3, 0.4) is 0 Å². The molecule has 0 atom stereocenters. The first-order valence-corrected chi connectivity index (χ1v) is 2.85. The van der Waals surface area contributed by atoms with Crippen molar-refractivity contribution < 1.29 is 9.59 Å². The standard InChI is InChI=1S/C4H7ClN2O2/c5-2-1-3(8)7-4(6)9/h1-2H2,(H3,6,7,8,9). The summed E-state index contributed by atoms with van der Waals surface area (Å²) in [6.45, 7) is 0. The number of carbonyl (C=O) groups excluding carboxylic acids is 2. The number of halogens is 1. The number of carbonyl (C=O) groups is 2. The molecular weight excluding hydrogens is 144 g/mol. The van der Waals surface area contributed by atoms with E-state index in [0.29, 0.717) is 0 Å². The Labute approximate surface area is 57.4 Å². The second-order valence-corrected chi connectivity index (χ2v) is 1.73. The van der Waals surface area contributed by atoms with Crippen molar-refractivity contribution in [2.24, 2.45) is 5.73 Å². The van der Waals surface area contributed by atoms with Crippen molar-refractivity contribution in [3.8, 4) is 0 Å². The highest BCUT2D eigenvalue weighted by Gasteiger charge is 2.00. The summed E-state index contributed by atoms with van der Waals surface area (Å²) in [4.78, 5) is 20.3. The molecule has 0 aliphatic rings. The Bertz CT molecular complexity index is 126. The molecule has 0 unspecified atom stereocenters. The van der Waals surface area contributed by atoms with Gasteiger partial charge >= 0.3 is 6.03 Å². The summed E-state index contributed by atoms with van der Waals surface area (Å²) in [6.07, 6.45) is 0.116. The number of alkyl halides is 1. The molecule has 0 saturated carbocycles. The first-order valence-electron chi connectivity index (χ1n) is 2.32. The zero-order chi connectivity index (χ0) is 7.28. The number of primary amides is 1. The maximum Gasteiger partial charge on any atom is 0.318 e. The number of hydrogen-bond acceptors (Lipinski definition) is 2. The lowest BCUT2D eigenvalue weighted by atomic mass is 10.4. The van der Waals surface area contributed by atoms with Gasteiger partial charge in [0.15, 0.2) is 0 Å². The molecule has 0 rings (SSSR count). The number of amides is 3. The highest BCUT2D eigenvalue weighted by atomic mass is 35.5. The Morgan fingerprint density at radius 2 is 2.11 bits per heavy atom. The lowest BCUT2D eigenvalue weighted by molar-refractivity contribution is -0.119. The van der Waals surface area contributed by atoms with Gasteiger partial charge in [0.1, 0.15) is 0 Å². The lowest BCUT2D eigenvalue weighted by Gasteiger charge is -1.94. The topological polar surface area (TPSA) is 72.2 Å². The largest absolute Gasteiger partial charge is 0.351 e. The first-order chi connectivity index (χ1) is 4.16. The summed E-state index contributed by atoms with van der Waals surface area (Å²) in [5.41, 5.74) is 4.61. The molecule has 0 aromatic rings. The van der Waals surface area contributed by atoms with Crippen molar-refractivity contribution in [3.63, 3.8) is 0 Å². The Balaban J connectivity index is 3.39. The molecule has 0 saturated heterocycles. The molecule has 0 spiro atoms. The van der Waals surface area contributed by atoms with Crippen LogP contribution in [0.5, 0.6) is 0 Å². The Morgan fingerprint density at radius 3 is 2.44 bits per heavy atom. The van der Waals surface area contributed by atoms with E-state index in [1.54, 1.807) is 0 Å². The van der Waals surface area contributed by atoms with Gasteiger partial charge in [0, 0.05) is 12.3 Å². The van der Waals surface area contributed by atoms with Gasteiger partial charge in [-0.15, -0.1) is 11.6 Å². The number of nitrogens with one attached hydrogen (secondary N) is 1. The third kappa shape index (κ3) is 5.10. The maximum absolute atomic E-state index is 10.4. The molecule has 0 aromatic carbocycles. The second kappa shape index (κ2) is 4.14. The summed E-state index contributed by atoms with van der Waals surface area (Å²) in [6, 6.07) is -0.842. The smallest absolute Gasteiger partial charge is 0.318 e. The molecule has 0 bridgehead atoms. The van der Waals surface area contributed by atoms with E-state index in [1.165, 1.54) is 0 Å². The zero-order valence-corrected chi connectivity index (χ0v) is 5.44. The van der Waals surface area contributed by atoms with Gasteiger partial charge < -0.3 is 5.73 Å². The average Bonchev–Trinajstić information content (AvgIpc) is 1.63. The predicted octanol–water partition coefficient (Wildman–Crippen LogP) is -0.190. The number of imide groups is 1. The minimum absolute atomic E-state index is 0.116. The van der Waals surface area contributed by atoms with Crippen LogP contribution in [-0.2, 0) is 4.79 Å². The van der Waals surface area contributed by atoms with Gasteiger partial charge in [-0.1, -0.05) is 0 Å². The van der Waals surface area contributed by atoms with Crippen molar-refractivity contribution in [1.29, 1.82) is 0 Å². The fraction of sp³-hybridized carbons (Fsp3) is 0.500. The van der Waals surface area contributed by atoms with Gasteiger partial charge in [-0.05, 0) is 0 Å². The summed E-state index contributed by atoms with van der Waals surface area (Å²) < 4.78 is 0. The quantitative estimate of drug-likeness (QED) is 0.536. The second-order valence-electron chi connectivity index (χ2n) is 1.35. The third-order valence-electron chi connectivity index (χ3n) is 0.584. The van der Waals surface area contributed by atoms with E-state index in [4.69, 9.17) is 11.6 Å². The van der Waals surface area contributed by atoms with Crippen molar-refractivity contribution in [3.05, 3.63) is 0 Å². The number of urea groups is 1. The van der Waals surface area contributed by atoms with Crippen LogP contribution < -0.4 is 11.1 Å². The molecule has 0 aliphatic carbocycles. The minimum Gasteiger partial charge on any atom is -0.351 e. The molecule has 0 heterocycles. The highest BCUT2D eigenvalue weighted by Crippen LogP contribution is 1.82. The third-order valence-corrected chi connectivity index (χ3v) is 0.773. The lowest BCUT2D eigenvalue weighted by Crippen LogP contribution is -2.34. The van der Waals surface area contributed by atoms with E-state index >= 15 is 0 Å². The van der Waals surface area contributed by atoms with E-state index in [-0.39, 0.29) is 12.3 Å². The number of nitrogens with two attached hydrogens (primary N) is 1. The van der Waals surface area contributed by atoms with Crippen LogP contribution in [0.2, 0.25) is 0 Å². The molecule has 4 nitrogen and oxygen atoms in total. The molecule has 52 valence electrons. The van der Waals surface area contributed by atoms with Crippen LogP contribution in [0.1, 0.15) is 6.42 Å². The van der Waals surface area contributed by atoms with Crippen molar-refractivity contribution in [1.82, 2.24) is 5.32 Å². The van der Waals surface area contributed by atoms with Gasteiger partial charge in [-0.2, -0.15) is 0 Å². The monoisotopic (exact) mass is 150 g/mol. The van der Waals surface area contributed by atoms with Crippen molar-refractivity contribution in [2.45, 2.75) is 6.42 Å². The highest BCUT2D eigenvalue weighted by molar-refractivity contribution is 6.19. The maximum atomic E-state index is 10.4. The first kappa shape index (κ1) is 8.23. The number of rotatable bonds is 2. The van der Waals surface area contributed by atoms with Gasteiger partial charge in [0.05, 0.1) is 0 Å². The van der Waals surface area contributed by atoms with Crippen LogP contribution in [0.25, 0.3) is 0 Å². The van der Waals surface area contributed by atoms with Gasteiger partial charge in [0.25, 0.3) is 0 Å². The Kier molecular flexibility index (Phi) is 3.79. The minimum atomic E-state index is -0.842. The summed E-state index contributed by atoms with van der Waals surface area (Å²) >= 11 is 5.17. The van der Waals surface area contributed by atoms with E-state index in [1.807, 2.05) is 5.32 Å². The van der Waals surface area contributed by atoms with E-state index in [0.717, 1.165) is 0 Å². The SMILES string of the molecule is NC(=O)NC(=O)CCCl. The number of hydrogen-bond donors (Lipinski definition) is 2. The fourth-order valence-electron chi connectivity index (χ4n) is 0.286. The van der Waals surface area contributed by atoms with Crippen LogP contribution in [0.4, 0.5) is 4.79 Å². The Hall–Kier alpha value is -0.770. The molecule has 3 N–H and O–H groups in total. The van der Waals surface area contributed by atoms with Crippen molar-refractivity contribution in [2.75, 3.05) is 5.88 Å². The molecule has 0 aliphatic heterocycles. The molecule has 0 radical (unpaired) electrons. The van der Waals surface area contributed by atoms with E-state index < -0.39 is 11.9 Å². The van der Waals surface area contributed by atoms with Gasteiger partial charge in [-0.25, -0.2) is 4.79 Å². The normalized spacial score (nSPS) is 8.56. The zero-order valence-electron chi connectivity index (χ0n) is 4.69. The average molecular weight is 151 g/mol. The fourth-order valence-corrected chi connectivity index (χ4v) is 0.457. The molecule has 0 fully saturated rings. The van der Waals surface area contributed by atoms with Crippen LogP contribution in [-0.4, -0.2) is 17.8 Å². The Morgan fingerprint density at radius 1 is 1.56 bits per heavy atom. The predicted molar refractivity (Wildman–Crippen MR) is 33.1 cm³/mol. The van der Waals surface area contributed by atoms with Crippen LogP contribution in [0.15, 0.2) is 0 Å². The van der Waals surface area contributed by atoms with E-state index in [2.05, 4.69) is 5.73 Å². The van der Waals surface area contributed by atoms with E-state index in [9.17, 15) is 9.59 Å². The summed E-state index contributed by atoms with van der Waals surface area (Å²) in [5.74, 6) is -0.253.